The van der Waals surface area contributed by atoms with E-state index in [1.54, 1.807) is 17.0 Å². The van der Waals surface area contributed by atoms with E-state index in [4.69, 9.17) is 39.5 Å². The number of carbonyl (C=O) groups excluding carboxylic acids is 2. The Morgan fingerprint density at radius 2 is 1.82 bits per heavy atom. The second kappa shape index (κ2) is 8.29. The van der Waals surface area contributed by atoms with Crippen LogP contribution in [-0.2, 0) is 14.3 Å². The van der Waals surface area contributed by atoms with Gasteiger partial charge in [0, 0.05) is 18.0 Å². The van der Waals surface area contributed by atoms with E-state index in [0.717, 1.165) is 25.9 Å². The molecule has 0 saturated carbocycles. The lowest BCUT2D eigenvalue weighted by molar-refractivity contribution is -0.149. The number of benzene rings is 1. The van der Waals surface area contributed by atoms with E-state index >= 15 is 0 Å². The molecule has 120 valence electrons. The fraction of sp³-hybridized carbons (Fsp3) is 0.429. The lowest BCUT2D eigenvalue weighted by atomic mass is 10.4. The molecule has 0 aromatic heterocycles. The van der Waals surface area contributed by atoms with Gasteiger partial charge < -0.3 is 9.64 Å². The minimum Gasteiger partial charge on any atom is -0.455 e. The summed E-state index contributed by atoms with van der Waals surface area (Å²) in [5.74, 6) is -0.576. The van der Waals surface area contributed by atoms with Crippen molar-refractivity contribution in [2.24, 2.45) is 0 Å². The SMILES string of the molecule is O=C(CSc1ccc(Cl)c(Cl)c1Cl)OCC(=O)N1CCCC1. The first-order chi connectivity index (χ1) is 10.5. The van der Waals surface area contributed by atoms with E-state index in [9.17, 15) is 9.59 Å². The summed E-state index contributed by atoms with van der Waals surface area (Å²) in [6.45, 7) is 1.27. The van der Waals surface area contributed by atoms with Crippen LogP contribution in [0.15, 0.2) is 17.0 Å². The molecule has 8 heteroatoms. The molecular formula is C14H14Cl3NO3S. The Morgan fingerprint density at radius 3 is 2.50 bits per heavy atom. The lowest BCUT2D eigenvalue weighted by Gasteiger charge is -2.14. The van der Waals surface area contributed by atoms with E-state index in [1.807, 2.05) is 0 Å². The van der Waals surface area contributed by atoms with Crippen molar-refractivity contribution in [3.05, 3.63) is 27.2 Å². The summed E-state index contributed by atoms with van der Waals surface area (Å²) < 4.78 is 4.98. The van der Waals surface area contributed by atoms with Crippen LogP contribution in [0.25, 0.3) is 0 Å². The van der Waals surface area contributed by atoms with Crippen molar-refractivity contribution in [3.8, 4) is 0 Å². The molecule has 2 rings (SSSR count). The first kappa shape index (κ1) is 17.7. The van der Waals surface area contributed by atoms with Crippen molar-refractivity contribution in [1.82, 2.24) is 4.90 Å². The third-order valence-electron chi connectivity index (χ3n) is 3.16. The second-order valence-corrected chi connectivity index (χ2v) is 6.89. The highest BCUT2D eigenvalue weighted by molar-refractivity contribution is 8.00. The van der Waals surface area contributed by atoms with Crippen LogP contribution in [0, 0.1) is 0 Å². The monoisotopic (exact) mass is 381 g/mol. The third-order valence-corrected chi connectivity index (χ3v) is 5.60. The number of hydrogen-bond acceptors (Lipinski definition) is 4. The number of halogens is 3. The van der Waals surface area contributed by atoms with Crippen LogP contribution >= 0.6 is 46.6 Å². The minimum absolute atomic E-state index is 0.0466. The summed E-state index contributed by atoms with van der Waals surface area (Å²) in [5.41, 5.74) is 0. The normalized spacial score (nSPS) is 14.2. The Balaban J connectivity index is 1.78. The average Bonchev–Trinajstić information content (AvgIpc) is 3.04. The van der Waals surface area contributed by atoms with Gasteiger partial charge in [0.15, 0.2) is 6.61 Å². The van der Waals surface area contributed by atoms with Gasteiger partial charge in [-0.25, -0.2) is 0 Å². The molecule has 1 aliphatic heterocycles. The van der Waals surface area contributed by atoms with Crippen LogP contribution in [-0.4, -0.2) is 42.2 Å². The van der Waals surface area contributed by atoms with Crippen LogP contribution in [0.4, 0.5) is 0 Å². The molecule has 0 spiro atoms. The topological polar surface area (TPSA) is 46.6 Å². The predicted molar refractivity (Wildman–Crippen MR) is 89.0 cm³/mol. The molecule has 0 N–H and O–H groups in total. The van der Waals surface area contributed by atoms with Crippen molar-refractivity contribution in [2.75, 3.05) is 25.4 Å². The fourth-order valence-electron chi connectivity index (χ4n) is 2.00. The number of carbonyl (C=O) groups is 2. The van der Waals surface area contributed by atoms with Crippen molar-refractivity contribution in [2.45, 2.75) is 17.7 Å². The Labute approximate surface area is 148 Å². The summed E-state index contributed by atoms with van der Waals surface area (Å²) in [4.78, 5) is 25.8. The Hall–Kier alpha value is -0.620. The largest absolute Gasteiger partial charge is 0.455 e. The highest BCUT2D eigenvalue weighted by atomic mass is 35.5. The maximum Gasteiger partial charge on any atom is 0.316 e. The summed E-state index contributed by atoms with van der Waals surface area (Å²) in [6.07, 6.45) is 2.01. The van der Waals surface area contributed by atoms with Gasteiger partial charge in [0.1, 0.15) is 0 Å². The van der Waals surface area contributed by atoms with E-state index < -0.39 is 5.97 Å². The van der Waals surface area contributed by atoms with Gasteiger partial charge in [-0.15, -0.1) is 11.8 Å². The Kier molecular flexibility index (Phi) is 6.68. The molecule has 0 atom stereocenters. The third kappa shape index (κ3) is 4.69. The maximum atomic E-state index is 11.7. The fourth-order valence-corrected chi connectivity index (χ4v) is 3.50. The highest BCUT2D eigenvalue weighted by Gasteiger charge is 2.19. The molecule has 1 heterocycles. The van der Waals surface area contributed by atoms with Crippen molar-refractivity contribution in [3.63, 3.8) is 0 Å². The van der Waals surface area contributed by atoms with Gasteiger partial charge in [-0.1, -0.05) is 34.8 Å². The van der Waals surface area contributed by atoms with Crippen LogP contribution in [0.5, 0.6) is 0 Å². The van der Waals surface area contributed by atoms with E-state index in [2.05, 4.69) is 0 Å². The molecule has 0 radical (unpaired) electrons. The van der Waals surface area contributed by atoms with Crippen LogP contribution in [0.1, 0.15) is 12.8 Å². The number of hydrogen-bond donors (Lipinski definition) is 0. The number of amides is 1. The summed E-state index contributed by atoms with van der Waals surface area (Å²) in [5, 5.41) is 0.917. The van der Waals surface area contributed by atoms with E-state index in [-0.39, 0.29) is 23.3 Å². The lowest BCUT2D eigenvalue weighted by Crippen LogP contribution is -2.32. The zero-order valence-corrected chi connectivity index (χ0v) is 14.7. The molecule has 1 saturated heterocycles. The molecular weight excluding hydrogens is 369 g/mol. The van der Waals surface area contributed by atoms with Gasteiger partial charge in [-0.05, 0) is 25.0 Å². The van der Waals surface area contributed by atoms with Crippen molar-refractivity contribution >= 4 is 58.4 Å². The number of esters is 1. The smallest absolute Gasteiger partial charge is 0.316 e. The zero-order valence-electron chi connectivity index (χ0n) is 11.6. The second-order valence-electron chi connectivity index (χ2n) is 4.71. The summed E-state index contributed by atoms with van der Waals surface area (Å²) >= 11 is 19.0. The van der Waals surface area contributed by atoms with Crippen LogP contribution < -0.4 is 0 Å². The van der Waals surface area contributed by atoms with Crippen molar-refractivity contribution < 1.29 is 14.3 Å². The maximum absolute atomic E-state index is 11.7. The quantitative estimate of drug-likeness (QED) is 0.440. The number of nitrogens with zero attached hydrogens (tertiary/aromatic N) is 1. The van der Waals surface area contributed by atoms with Gasteiger partial charge in [0.2, 0.25) is 0 Å². The molecule has 1 aliphatic rings. The Bertz CT molecular complexity index is 577. The molecule has 1 fully saturated rings. The van der Waals surface area contributed by atoms with Gasteiger partial charge >= 0.3 is 5.97 Å². The number of ether oxygens (including phenoxy) is 1. The molecule has 0 aliphatic carbocycles. The van der Waals surface area contributed by atoms with Gasteiger partial charge in [0.05, 0.1) is 20.8 Å². The first-order valence-corrected chi connectivity index (χ1v) is 8.80. The van der Waals surface area contributed by atoms with Crippen LogP contribution in [0.2, 0.25) is 15.1 Å². The summed E-state index contributed by atoms with van der Waals surface area (Å²) in [6, 6.07) is 3.30. The molecule has 0 unspecified atom stereocenters. The average molecular weight is 383 g/mol. The van der Waals surface area contributed by atoms with Crippen LogP contribution in [0.3, 0.4) is 0 Å². The number of rotatable bonds is 5. The number of likely N-dealkylation sites (tertiary alicyclic amines) is 1. The molecule has 4 nitrogen and oxygen atoms in total. The molecule has 22 heavy (non-hydrogen) atoms. The number of thioether (sulfide) groups is 1. The predicted octanol–water partition coefficient (Wildman–Crippen LogP) is 3.90. The molecule has 0 bridgehead atoms. The van der Waals surface area contributed by atoms with Gasteiger partial charge in [-0.3, -0.25) is 9.59 Å². The zero-order chi connectivity index (χ0) is 16.1. The highest BCUT2D eigenvalue weighted by Crippen LogP contribution is 2.37. The van der Waals surface area contributed by atoms with E-state index in [1.165, 1.54) is 11.8 Å². The minimum atomic E-state index is -0.473. The van der Waals surface area contributed by atoms with Crippen molar-refractivity contribution in [1.29, 1.82) is 0 Å². The Morgan fingerprint density at radius 1 is 1.14 bits per heavy atom. The van der Waals surface area contributed by atoms with E-state index in [0.29, 0.717) is 14.9 Å². The molecule has 1 aromatic carbocycles. The van der Waals surface area contributed by atoms with Gasteiger partial charge in [0.25, 0.3) is 5.91 Å². The first-order valence-electron chi connectivity index (χ1n) is 6.68. The molecule has 1 amide bonds. The van der Waals surface area contributed by atoms with Gasteiger partial charge in [-0.2, -0.15) is 0 Å². The molecule has 1 aromatic rings. The summed E-state index contributed by atoms with van der Waals surface area (Å²) in [7, 11) is 0. The standard InChI is InChI=1S/C14H14Cl3NO3S/c15-9-3-4-10(14(17)13(9)16)22-8-12(20)21-7-11(19)18-5-1-2-6-18/h3-4H,1-2,5-8H2.